The average Bonchev–Trinajstić information content (AvgIpc) is 2.47. The molecule has 0 bridgehead atoms. The van der Waals surface area contributed by atoms with E-state index in [4.69, 9.17) is 10.5 Å². The Morgan fingerprint density at radius 1 is 1.46 bits per heavy atom. The first-order valence-electron chi connectivity index (χ1n) is 3.97. The monoisotopic (exact) mass is 195 g/mol. The Morgan fingerprint density at radius 2 is 2.15 bits per heavy atom. The molecule has 0 saturated carbocycles. The van der Waals surface area contributed by atoms with Gasteiger partial charge < -0.3 is 10.5 Å². The molecule has 70 valence electrons. The quantitative estimate of drug-likeness (QED) is 0.694. The molecule has 1 aromatic rings. The van der Waals surface area contributed by atoms with Crippen molar-refractivity contribution < 1.29 is 4.74 Å². The van der Waals surface area contributed by atoms with Crippen molar-refractivity contribution in [2.75, 3.05) is 7.11 Å². The Kier molecular flexibility index (Phi) is 2.97. The van der Waals surface area contributed by atoms with E-state index in [2.05, 4.69) is 11.8 Å². The van der Waals surface area contributed by atoms with Gasteiger partial charge in [0, 0.05) is 0 Å². The summed E-state index contributed by atoms with van der Waals surface area (Å²) in [6.07, 6.45) is 0. The van der Waals surface area contributed by atoms with Gasteiger partial charge in [0.05, 0.1) is 17.5 Å². The number of ether oxygens (including phenoxy) is 1. The zero-order valence-electron chi connectivity index (χ0n) is 8.05. The van der Waals surface area contributed by atoms with Crippen molar-refractivity contribution in [2.45, 2.75) is 19.4 Å². The minimum atomic E-state index is -0.433. The lowest BCUT2D eigenvalue weighted by Crippen LogP contribution is -2.29. The molecule has 1 aromatic heterocycles. The lowest BCUT2D eigenvalue weighted by molar-refractivity contribution is 0.427. The first-order valence-corrected chi connectivity index (χ1v) is 4.79. The predicted molar refractivity (Wildman–Crippen MR) is 56.0 cm³/mol. The zero-order valence-corrected chi connectivity index (χ0v) is 8.87. The van der Waals surface area contributed by atoms with Crippen LogP contribution in [-0.2, 0) is 0 Å². The molecule has 0 spiro atoms. The number of rotatable bonds is 1. The van der Waals surface area contributed by atoms with Crippen LogP contribution in [0.25, 0.3) is 0 Å². The third-order valence-corrected chi connectivity index (χ3v) is 2.25. The summed E-state index contributed by atoms with van der Waals surface area (Å²) in [5, 5.41) is 0.874. The Morgan fingerprint density at radius 3 is 2.62 bits per heavy atom. The van der Waals surface area contributed by atoms with Gasteiger partial charge in [-0.1, -0.05) is 23.2 Å². The largest absolute Gasteiger partial charge is 0.487 e. The lowest BCUT2D eigenvalue weighted by Gasteiger charge is -2.06. The van der Waals surface area contributed by atoms with Gasteiger partial charge in [0.2, 0.25) is 0 Å². The van der Waals surface area contributed by atoms with E-state index >= 15 is 0 Å². The van der Waals surface area contributed by atoms with Crippen molar-refractivity contribution >= 4 is 11.3 Å². The van der Waals surface area contributed by atoms with E-state index in [1.54, 1.807) is 7.11 Å². The summed E-state index contributed by atoms with van der Waals surface area (Å²) in [7, 11) is 1.65. The highest BCUT2D eigenvalue weighted by Crippen LogP contribution is 2.22. The Bertz CT molecular complexity index is 338. The summed E-state index contributed by atoms with van der Waals surface area (Å²) in [5.74, 6) is 5.96. The van der Waals surface area contributed by atoms with Crippen molar-refractivity contribution in [3.05, 3.63) is 17.0 Å². The van der Waals surface area contributed by atoms with Crippen LogP contribution >= 0.6 is 11.3 Å². The van der Waals surface area contributed by atoms with Gasteiger partial charge in [-0.05, 0) is 26.0 Å². The van der Waals surface area contributed by atoms with Crippen molar-refractivity contribution in [2.24, 2.45) is 5.73 Å². The van der Waals surface area contributed by atoms with Gasteiger partial charge in [0.25, 0.3) is 0 Å². The third-order valence-electron chi connectivity index (χ3n) is 1.29. The lowest BCUT2D eigenvalue weighted by atomic mass is 10.1. The van der Waals surface area contributed by atoms with E-state index in [1.165, 1.54) is 11.3 Å². The summed E-state index contributed by atoms with van der Waals surface area (Å²) in [6, 6.07) is 3.83. The van der Waals surface area contributed by atoms with Crippen LogP contribution in [0, 0.1) is 11.8 Å². The molecule has 0 atom stereocenters. The number of thiophene rings is 1. The van der Waals surface area contributed by atoms with Crippen molar-refractivity contribution in [3.63, 3.8) is 0 Å². The number of nitrogens with two attached hydrogens (primary N) is 1. The second kappa shape index (κ2) is 3.82. The standard InChI is InChI=1S/C10H13NOS/c1-10(2,11)7-6-8-4-5-9(12-3)13-8/h4-5H,11H2,1-3H3. The summed E-state index contributed by atoms with van der Waals surface area (Å²) in [5.41, 5.74) is 5.29. The van der Waals surface area contributed by atoms with Crippen LogP contribution in [0.2, 0.25) is 0 Å². The normalized spacial score (nSPS) is 10.5. The molecule has 0 fully saturated rings. The minimum absolute atomic E-state index is 0.433. The first kappa shape index (κ1) is 10.1. The van der Waals surface area contributed by atoms with Gasteiger partial charge in [-0.25, -0.2) is 0 Å². The Hall–Kier alpha value is -0.980. The molecule has 0 saturated heterocycles. The van der Waals surface area contributed by atoms with E-state index < -0.39 is 5.54 Å². The molecule has 3 heteroatoms. The maximum atomic E-state index is 5.72. The third kappa shape index (κ3) is 3.49. The fourth-order valence-corrected chi connectivity index (χ4v) is 1.39. The topological polar surface area (TPSA) is 35.2 Å². The summed E-state index contributed by atoms with van der Waals surface area (Å²) in [6.45, 7) is 3.76. The molecule has 0 aliphatic carbocycles. The van der Waals surface area contributed by atoms with Crippen LogP contribution in [0.5, 0.6) is 5.06 Å². The van der Waals surface area contributed by atoms with E-state index in [-0.39, 0.29) is 0 Å². The number of methoxy groups -OCH3 is 1. The SMILES string of the molecule is COc1ccc(C#CC(C)(C)N)s1. The molecule has 0 unspecified atom stereocenters. The molecule has 0 aromatic carbocycles. The minimum Gasteiger partial charge on any atom is -0.487 e. The van der Waals surface area contributed by atoms with E-state index in [0.717, 1.165) is 9.94 Å². The van der Waals surface area contributed by atoms with Gasteiger partial charge in [-0.3, -0.25) is 0 Å². The van der Waals surface area contributed by atoms with E-state index in [9.17, 15) is 0 Å². The summed E-state index contributed by atoms with van der Waals surface area (Å²) in [4.78, 5) is 0.982. The van der Waals surface area contributed by atoms with Crippen molar-refractivity contribution in [1.29, 1.82) is 0 Å². The van der Waals surface area contributed by atoms with Gasteiger partial charge in [-0.15, -0.1) is 0 Å². The molecule has 1 heterocycles. The number of hydrogen-bond donors (Lipinski definition) is 1. The van der Waals surface area contributed by atoms with Crippen LogP contribution in [0.15, 0.2) is 12.1 Å². The number of hydrogen-bond acceptors (Lipinski definition) is 3. The highest BCUT2D eigenvalue weighted by Gasteiger charge is 2.04. The first-order chi connectivity index (χ1) is 6.01. The van der Waals surface area contributed by atoms with Gasteiger partial charge in [0.1, 0.15) is 0 Å². The van der Waals surface area contributed by atoms with E-state index in [1.807, 2.05) is 26.0 Å². The van der Waals surface area contributed by atoms with Crippen LogP contribution in [0.4, 0.5) is 0 Å². The maximum Gasteiger partial charge on any atom is 0.174 e. The molecule has 0 aliphatic rings. The Labute approximate surface area is 82.7 Å². The molecule has 2 N–H and O–H groups in total. The molecular formula is C10H13NOS. The fourth-order valence-electron chi connectivity index (χ4n) is 0.720. The zero-order chi connectivity index (χ0) is 9.90. The average molecular weight is 195 g/mol. The van der Waals surface area contributed by atoms with Gasteiger partial charge >= 0.3 is 0 Å². The molecular weight excluding hydrogens is 182 g/mol. The second-order valence-corrected chi connectivity index (χ2v) is 4.34. The molecule has 2 nitrogen and oxygen atoms in total. The fraction of sp³-hybridized carbons (Fsp3) is 0.400. The molecule has 0 radical (unpaired) electrons. The van der Waals surface area contributed by atoms with Crippen molar-refractivity contribution in [3.8, 4) is 16.9 Å². The second-order valence-electron chi connectivity index (χ2n) is 3.29. The van der Waals surface area contributed by atoms with Crippen molar-refractivity contribution in [1.82, 2.24) is 0 Å². The molecule has 0 amide bonds. The smallest absolute Gasteiger partial charge is 0.174 e. The maximum absolute atomic E-state index is 5.72. The molecule has 1 rings (SSSR count). The van der Waals surface area contributed by atoms with E-state index in [0.29, 0.717) is 0 Å². The predicted octanol–water partition coefficient (Wildman–Crippen LogP) is 1.85. The highest BCUT2D eigenvalue weighted by atomic mass is 32.1. The van der Waals surface area contributed by atoms with Crippen LogP contribution < -0.4 is 10.5 Å². The molecule has 13 heavy (non-hydrogen) atoms. The van der Waals surface area contributed by atoms with Gasteiger partial charge in [-0.2, -0.15) is 0 Å². The summed E-state index contributed by atoms with van der Waals surface area (Å²) >= 11 is 1.52. The van der Waals surface area contributed by atoms with Crippen LogP contribution in [0.1, 0.15) is 18.7 Å². The highest BCUT2D eigenvalue weighted by molar-refractivity contribution is 7.14. The Balaban J connectivity index is 2.78. The van der Waals surface area contributed by atoms with Crippen LogP contribution in [-0.4, -0.2) is 12.6 Å². The van der Waals surface area contributed by atoms with Gasteiger partial charge in [0.15, 0.2) is 5.06 Å². The summed E-state index contributed by atoms with van der Waals surface area (Å²) < 4.78 is 5.05. The van der Waals surface area contributed by atoms with Crippen LogP contribution in [0.3, 0.4) is 0 Å². The molecule has 0 aliphatic heterocycles.